The van der Waals surface area contributed by atoms with E-state index in [4.69, 9.17) is 11.6 Å². The van der Waals surface area contributed by atoms with Crippen LogP contribution >= 0.6 is 23.4 Å². The van der Waals surface area contributed by atoms with E-state index in [1.807, 2.05) is 18.2 Å². The summed E-state index contributed by atoms with van der Waals surface area (Å²) < 4.78 is 4.50. The van der Waals surface area contributed by atoms with Crippen molar-refractivity contribution in [3.05, 3.63) is 29.3 Å². The fourth-order valence-electron chi connectivity index (χ4n) is 1.06. The van der Waals surface area contributed by atoms with Crippen LogP contribution in [0.5, 0.6) is 0 Å². The normalized spacial score (nSPS) is 14.2. The molecule has 1 unspecified atom stereocenters. The van der Waals surface area contributed by atoms with Crippen LogP contribution in [0.2, 0.25) is 5.02 Å². The van der Waals surface area contributed by atoms with Crippen LogP contribution in [0.4, 0.5) is 0 Å². The molecular weight excluding hydrogens is 248 g/mol. The van der Waals surface area contributed by atoms with Crippen molar-refractivity contribution in [1.82, 2.24) is 0 Å². The Morgan fingerprint density at radius 3 is 2.75 bits per heavy atom. The number of ether oxygens (including phenoxy) is 1. The maximum Gasteiger partial charge on any atom is 0.338 e. The zero-order chi connectivity index (χ0) is 12.2. The van der Waals surface area contributed by atoms with Crippen LogP contribution in [0.3, 0.4) is 0 Å². The Bertz CT molecular complexity index is 379. The fraction of sp³-hybridized carbons (Fsp3) is 0.364. The summed E-state index contributed by atoms with van der Waals surface area (Å²) in [4.78, 5) is 12.0. The number of thioether (sulfide) groups is 1. The minimum absolute atomic E-state index is 0.198. The van der Waals surface area contributed by atoms with E-state index >= 15 is 0 Å². The zero-order valence-corrected chi connectivity index (χ0v) is 10.6. The monoisotopic (exact) mass is 260 g/mol. The van der Waals surface area contributed by atoms with Gasteiger partial charge in [0.2, 0.25) is 0 Å². The van der Waals surface area contributed by atoms with Gasteiger partial charge in [-0.1, -0.05) is 23.7 Å². The van der Waals surface area contributed by atoms with Gasteiger partial charge in [0.15, 0.2) is 5.60 Å². The lowest BCUT2D eigenvalue weighted by molar-refractivity contribution is -0.158. The largest absolute Gasteiger partial charge is 0.467 e. The van der Waals surface area contributed by atoms with Gasteiger partial charge in [0.1, 0.15) is 0 Å². The molecule has 0 radical (unpaired) electrons. The van der Waals surface area contributed by atoms with Crippen LogP contribution in [-0.2, 0) is 9.53 Å². The molecule has 0 saturated carbocycles. The van der Waals surface area contributed by atoms with Gasteiger partial charge in [0.05, 0.1) is 12.1 Å². The molecule has 0 aliphatic carbocycles. The van der Waals surface area contributed by atoms with Crippen molar-refractivity contribution in [2.75, 3.05) is 12.9 Å². The Morgan fingerprint density at radius 2 is 2.19 bits per heavy atom. The van der Waals surface area contributed by atoms with Gasteiger partial charge in [-0.05, 0) is 19.1 Å². The maximum absolute atomic E-state index is 11.2. The SMILES string of the molecule is COC(=O)C(C)(O)CSc1ccccc1Cl. The molecule has 88 valence electrons. The van der Waals surface area contributed by atoms with Crippen molar-refractivity contribution < 1.29 is 14.6 Å². The average Bonchev–Trinajstić information content (AvgIpc) is 2.27. The molecule has 0 fully saturated rings. The molecule has 5 heteroatoms. The van der Waals surface area contributed by atoms with Crippen LogP contribution < -0.4 is 0 Å². The third-order valence-corrected chi connectivity index (χ3v) is 3.79. The standard InChI is InChI=1S/C11H13ClO3S/c1-11(14,10(13)15-2)7-16-9-6-4-3-5-8(9)12/h3-6,14H,7H2,1-2H3. The molecule has 3 nitrogen and oxygen atoms in total. The van der Waals surface area contributed by atoms with Gasteiger partial charge in [-0.3, -0.25) is 0 Å². The third kappa shape index (κ3) is 3.40. The van der Waals surface area contributed by atoms with Crippen LogP contribution in [-0.4, -0.2) is 29.5 Å². The first-order chi connectivity index (χ1) is 7.47. The third-order valence-electron chi connectivity index (χ3n) is 1.97. The smallest absolute Gasteiger partial charge is 0.338 e. The van der Waals surface area contributed by atoms with Crippen molar-refractivity contribution in [3.63, 3.8) is 0 Å². The molecule has 1 N–H and O–H groups in total. The predicted molar refractivity (Wildman–Crippen MR) is 64.8 cm³/mol. The van der Waals surface area contributed by atoms with Crippen molar-refractivity contribution in [2.24, 2.45) is 0 Å². The number of halogens is 1. The van der Waals surface area contributed by atoms with Crippen molar-refractivity contribution >= 4 is 29.3 Å². The number of aliphatic hydroxyl groups is 1. The molecule has 1 rings (SSSR count). The highest BCUT2D eigenvalue weighted by Crippen LogP contribution is 2.29. The van der Waals surface area contributed by atoms with Gasteiger partial charge in [0.25, 0.3) is 0 Å². The zero-order valence-electron chi connectivity index (χ0n) is 9.07. The van der Waals surface area contributed by atoms with Crippen molar-refractivity contribution in [2.45, 2.75) is 17.4 Å². The number of rotatable bonds is 4. The lowest BCUT2D eigenvalue weighted by Crippen LogP contribution is -2.38. The molecular formula is C11H13ClO3S. The van der Waals surface area contributed by atoms with Crippen LogP contribution in [0, 0.1) is 0 Å². The summed E-state index contributed by atoms with van der Waals surface area (Å²) in [6, 6.07) is 7.27. The highest BCUT2D eigenvalue weighted by atomic mass is 35.5. The molecule has 0 aliphatic heterocycles. The molecule has 0 aliphatic rings. The van der Waals surface area contributed by atoms with Crippen LogP contribution in [0.15, 0.2) is 29.2 Å². The molecule has 1 aromatic rings. The van der Waals surface area contributed by atoms with Gasteiger partial charge < -0.3 is 9.84 Å². The van der Waals surface area contributed by atoms with E-state index in [2.05, 4.69) is 4.74 Å². The molecule has 1 aromatic carbocycles. The summed E-state index contributed by atoms with van der Waals surface area (Å²) in [6.07, 6.45) is 0. The Hall–Kier alpha value is -0.710. The Labute approximate surface area is 104 Å². The second-order valence-electron chi connectivity index (χ2n) is 3.48. The minimum atomic E-state index is -1.50. The molecule has 0 saturated heterocycles. The number of methoxy groups -OCH3 is 1. The van der Waals surface area contributed by atoms with Crippen molar-refractivity contribution in [3.8, 4) is 0 Å². The van der Waals surface area contributed by atoms with E-state index in [0.717, 1.165) is 4.90 Å². The number of benzene rings is 1. The molecule has 0 aromatic heterocycles. The summed E-state index contributed by atoms with van der Waals surface area (Å²) in [5.41, 5.74) is -1.50. The van der Waals surface area contributed by atoms with Gasteiger partial charge >= 0.3 is 5.97 Å². The molecule has 0 spiro atoms. The molecule has 0 bridgehead atoms. The first-order valence-electron chi connectivity index (χ1n) is 4.65. The van der Waals surface area contributed by atoms with Crippen LogP contribution in [0.25, 0.3) is 0 Å². The van der Waals surface area contributed by atoms with Crippen LogP contribution in [0.1, 0.15) is 6.92 Å². The highest BCUT2D eigenvalue weighted by molar-refractivity contribution is 7.99. The van der Waals surface area contributed by atoms with E-state index in [9.17, 15) is 9.90 Å². The number of esters is 1. The molecule has 0 amide bonds. The predicted octanol–water partition coefficient (Wildman–Crippen LogP) is 2.36. The Kier molecular flexibility index (Phi) is 4.65. The van der Waals surface area contributed by atoms with E-state index in [0.29, 0.717) is 5.02 Å². The van der Waals surface area contributed by atoms with Crippen molar-refractivity contribution in [1.29, 1.82) is 0 Å². The lowest BCUT2D eigenvalue weighted by atomic mass is 10.1. The second-order valence-corrected chi connectivity index (χ2v) is 4.91. The topological polar surface area (TPSA) is 46.5 Å². The maximum atomic E-state index is 11.2. The summed E-state index contributed by atoms with van der Waals surface area (Å²) in [5, 5.41) is 10.4. The molecule has 16 heavy (non-hydrogen) atoms. The summed E-state index contributed by atoms with van der Waals surface area (Å²) in [5.74, 6) is -0.448. The van der Waals surface area contributed by atoms with E-state index in [-0.39, 0.29) is 5.75 Å². The number of hydrogen-bond donors (Lipinski definition) is 1. The Balaban J connectivity index is 2.65. The van der Waals surface area contributed by atoms with Gasteiger partial charge in [-0.2, -0.15) is 0 Å². The minimum Gasteiger partial charge on any atom is -0.467 e. The quantitative estimate of drug-likeness (QED) is 0.667. The second kappa shape index (κ2) is 5.57. The van der Waals surface area contributed by atoms with E-state index < -0.39 is 11.6 Å². The fourth-order valence-corrected chi connectivity index (χ4v) is 2.29. The van der Waals surface area contributed by atoms with Gasteiger partial charge in [0, 0.05) is 10.6 Å². The first-order valence-corrected chi connectivity index (χ1v) is 6.02. The number of hydrogen-bond acceptors (Lipinski definition) is 4. The van der Waals surface area contributed by atoms with Gasteiger partial charge in [-0.25, -0.2) is 4.79 Å². The first kappa shape index (κ1) is 13.4. The lowest BCUT2D eigenvalue weighted by Gasteiger charge is -2.19. The number of carbonyl (C=O) groups excluding carboxylic acids is 1. The molecule has 0 heterocycles. The van der Waals surface area contributed by atoms with E-state index in [1.165, 1.54) is 25.8 Å². The summed E-state index contributed by atoms with van der Waals surface area (Å²) in [6.45, 7) is 1.42. The summed E-state index contributed by atoms with van der Waals surface area (Å²) >= 11 is 7.26. The van der Waals surface area contributed by atoms with Gasteiger partial charge in [-0.15, -0.1) is 11.8 Å². The number of carbonyl (C=O) groups is 1. The molecule has 1 atom stereocenters. The van der Waals surface area contributed by atoms with E-state index in [1.54, 1.807) is 6.07 Å². The highest BCUT2D eigenvalue weighted by Gasteiger charge is 2.31. The Morgan fingerprint density at radius 1 is 1.56 bits per heavy atom. The average molecular weight is 261 g/mol. The summed E-state index contributed by atoms with van der Waals surface area (Å²) in [7, 11) is 1.25.